The Morgan fingerprint density at radius 2 is 1.65 bits per heavy atom. The number of aromatic nitrogens is 4. The molecule has 9 nitrogen and oxygen atoms in total. The zero-order valence-corrected chi connectivity index (χ0v) is 19.3. The van der Waals surface area contributed by atoms with Gasteiger partial charge in [-0.05, 0) is 0 Å². The molecular weight excluding hydrogens is 472 g/mol. The van der Waals surface area contributed by atoms with Crippen molar-refractivity contribution >= 4 is 39.5 Å². The zero-order chi connectivity index (χ0) is 23.5. The lowest BCUT2D eigenvalue weighted by Crippen LogP contribution is -2.13. The molecule has 168 valence electrons. The maximum Gasteiger partial charge on any atom is 0.357 e. The van der Waals surface area contributed by atoms with Gasteiger partial charge in [-0.3, -0.25) is 9.89 Å². The molecule has 3 heterocycles. The Morgan fingerprint density at radius 1 is 0.941 bits per heavy atom. The van der Waals surface area contributed by atoms with E-state index < -0.39 is 11.5 Å². The van der Waals surface area contributed by atoms with E-state index >= 15 is 0 Å². The molecule has 2 aromatic carbocycles. The van der Waals surface area contributed by atoms with E-state index in [1.165, 1.54) is 28.5 Å². The third-order valence-corrected chi connectivity index (χ3v) is 6.35. The minimum Gasteiger partial charge on any atom is -0.464 e. The first-order valence-corrected chi connectivity index (χ1v) is 11.8. The number of H-pyrrole nitrogens is 1. The average molecular weight is 489 g/mol. The van der Waals surface area contributed by atoms with Crippen LogP contribution in [0.1, 0.15) is 10.5 Å². The highest BCUT2D eigenvalue weighted by molar-refractivity contribution is 7.13. The van der Waals surface area contributed by atoms with E-state index in [-0.39, 0.29) is 16.5 Å². The molecule has 0 unspecified atom stereocenters. The van der Waals surface area contributed by atoms with Crippen LogP contribution in [0.3, 0.4) is 0 Å². The second-order valence-corrected chi connectivity index (χ2v) is 8.60. The topological polar surface area (TPSA) is 115 Å². The van der Waals surface area contributed by atoms with Crippen LogP contribution in [0.15, 0.2) is 86.4 Å². The number of esters is 1. The molecule has 0 bridgehead atoms. The van der Waals surface area contributed by atoms with Gasteiger partial charge in [0.25, 0.3) is 0 Å². The van der Waals surface area contributed by atoms with Crippen molar-refractivity contribution in [2.24, 2.45) is 10.2 Å². The average Bonchev–Trinajstić information content (AvgIpc) is 3.62. The summed E-state index contributed by atoms with van der Waals surface area (Å²) < 4.78 is 6.02. The van der Waals surface area contributed by atoms with Crippen LogP contribution in [0.5, 0.6) is 0 Å². The number of thiazole rings is 2. The van der Waals surface area contributed by atoms with Crippen LogP contribution in [-0.2, 0) is 4.74 Å². The maximum absolute atomic E-state index is 13.3. The molecule has 1 N–H and O–H groups in total. The summed E-state index contributed by atoms with van der Waals surface area (Å²) in [5.41, 5.74) is 2.82. The van der Waals surface area contributed by atoms with E-state index in [4.69, 9.17) is 0 Å². The number of benzene rings is 2. The molecule has 3 aromatic heterocycles. The first-order valence-electron chi connectivity index (χ1n) is 10.0. The summed E-state index contributed by atoms with van der Waals surface area (Å²) in [4.78, 5) is 33.7. The SMILES string of the molecule is COC(=O)c1csc(N=Nc2c(-c3ccccc3)[nH]n(-c3nc(-c4ccccc4)cs3)c2=O)n1. The minimum atomic E-state index is -0.565. The number of rotatable bonds is 6. The molecule has 0 fully saturated rings. The monoisotopic (exact) mass is 488 g/mol. The predicted octanol–water partition coefficient (Wildman–Crippen LogP) is 5.61. The van der Waals surface area contributed by atoms with Crippen LogP contribution < -0.4 is 5.56 Å². The van der Waals surface area contributed by atoms with Crippen LogP contribution in [0.2, 0.25) is 0 Å². The summed E-state index contributed by atoms with van der Waals surface area (Å²) in [5, 5.41) is 15.5. The van der Waals surface area contributed by atoms with Gasteiger partial charge in [-0.25, -0.2) is 14.8 Å². The Kier molecular flexibility index (Phi) is 5.93. The van der Waals surface area contributed by atoms with Gasteiger partial charge in [-0.2, -0.15) is 4.68 Å². The van der Waals surface area contributed by atoms with Crippen molar-refractivity contribution < 1.29 is 9.53 Å². The summed E-state index contributed by atoms with van der Waals surface area (Å²) in [7, 11) is 1.28. The Balaban J connectivity index is 1.56. The van der Waals surface area contributed by atoms with E-state index in [1.807, 2.05) is 66.0 Å². The van der Waals surface area contributed by atoms with E-state index in [2.05, 4.69) is 30.0 Å². The minimum absolute atomic E-state index is 0.109. The number of carbonyl (C=O) groups is 1. The Morgan fingerprint density at radius 3 is 2.35 bits per heavy atom. The van der Waals surface area contributed by atoms with Gasteiger partial charge in [-0.1, -0.05) is 60.7 Å². The van der Waals surface area contributed by atoms with Gasteiger partial charge in [-0.15, -0.1) is 32.9 Å². The van der Waals surface area contributed by atoms with Crippen LogP contribution >= 0.6 is 22.7 Å². The van der Waals surface area contributed by atoms with Gasteiger partial charge in [0.15, 0.2) is 11.4 Å². The molecule has 0 atom stereocenters. The summed E-state index contributed by atoms with van der Waals surface area (Å²) >= 11 is 2.46. The quantitative estimate of drug-likeness (QED) is 0.246. The highest BCUT2D eigenvalue weighted by Crippen LogP contribution is 2.30. The summed E-state index contributed by atoms with van der Waals surface area (Å²) in [6.07, 6.45) is 0. The molecule has 0 amide bonds. The Labute approximate surface area is 201 Å². The highest BCUT2D eigenvalue weighted by Gasteiger charge is 2.19. The van der Waals surface area contributed by atoms with Gasteiger partial charge >= 0.3 is 11.5 Å². The normalized spacial score (nSPS) is 11.2. The van der Waals surface area contributed by atoms with Gasteiger partial charge in [0, 0.05) is 21.9 Å². The van der Waals surface area contributed by atoms with Crippen molar-refractivity contribution in [1.82, 2.24) is 19.7 Å². The van der Waals surface area contributed by atoms with Crippen molar-refractivity contribution in [2.75, 3.05) is 7.11 Å². The molecule has 0 aliphatic heterocycles. The van der Waals surface area contributed by atoms with Gasteiger partial charge in [0.2, 0.25) is 10.3 Å². The van der Waals surface area contributed by atoms with E-state index in [1.54, 1.807) is 0 Å². The number of ether oxygens (including phenoxy) is 1. The lowest BCUT2D eigenvalue weighted by molar-refractivity contribution is 0.0595. The molecule has 0 aliphatic carbocycles. The Hall–Kier alpha value is -4.22. The molecule has 5 aromatic rings. The van der Waals surface area contributed by atoms with Gasteiger partial charge in [0.05, 0.1) is 18.5 Å². The number of carbonyl (C=O) groups excluding carboxylic acids is 1. The molecule has 0 radical (unpaired) electrons. The third-order valence-electron chi connectivity index (χ3n) is 4.80. The maximum atomic E-state index is 13.3. The van der Waals surface area contributed by atoms with Crippen LogP contribution in [-0.4, -0.2) is 32.8 Å². The number of nitrogens with zero attached hydrogens (tertiary/aromatic N) is 5. The van der Waals surface area contributed by atoms with Crippen LogP contribution in [0.4, 0.5) is 10.8 Å². The highest BCUT2D eigenvalue weighted by atomic mass is 32.1. The first-order chi connectivity index (χ1) is 16.6. The second kappa shape index (κ2) is 9.33. The van der Waals surface area contributed by atoms with Crippen molar-refractivity contribution in [3.8, 4) is 27.6 Å². The van der Waals surface area contributed by atoms with Crippen molar-refractivity contribution in [3.05, 3.63) is 87.5 Å². The number of nitrogens with one attached hydrogen (secondary N) is 1. The van der Waals surface area contributed by atoms with Gasteiger partial charge in [0.1, 0.15) is 0 Å². The number of hydrogen-bond acceptors (Lipinski definition) is 9. The fourth-order valence-corrected chi connectivity index (χ4v) is 4.57. The predicted molar refractivity (Wildman–Crippen MR) is 131 cm³/mol. The van der Waals surface area contributed by atoms with Crippen molar-refractivity contribution in [3.63, 3.8) is 0 Å². The van der Waals surface area contributed by atoms with E-state index in [0.29, 0.717) is 10.8 Å². The molecule has 0 saturated carbocycles. The number of azo groups is 1. The molecule has 11 heteroatoms. The lowest BCUT2D eigenvalue weighted by Gasteiger charge is -1.99. The smallest absolute Gasteiger partial charge is 0.357 e. The van der Waals surface area contributed by atoms with Crippen LogP contribution in [0.25, 0.3) is 27.6 Å². The summed E-state index contributed by atoms with van der Waals surface area (Å²) in [5.74, 6) is -0.565. The summed E-state index contributed by atoms with van der Waals surface area (Å²) in [6.45, 7) is 0. The Bertz CT molecular complexity index is 1530. The first kappa shape index (κ1) is 21.6. The molecule has 0 spiro atoms. The molecule has 0 saturated heterocycles. The third kappa shape index (κ3) is 4.21. The molecular formula is C23H16N6O3S2. The largest absolute Gasteiger partial charge is 0.464 e. The molecule has 5 rings (SSSR count). The second-order valence-electron chi connectivity index (χ2n) is 6.93. The number of methoxy groups -OCH3 is 1. The number of hydrogen-bond donors (Lipinski definition) is 1. The van der Waals surface area contributed by atoms with Crippen molar-refractivity contribution in [2.45, 2.75) is 0 Å². The number of aromatic amines is 1. The lowest BCUT2D eigenvalue weighted by atomic mass is 10.1. The van der Waals surface area contributed by atoms with E-state index in [0.717, 1.165) is 28.2 Å². The fourth-order valence-electron chi connectivity index (χ4n) is 3.17. The standard InChI is InChI=1S/C23H16N6O3S2/c1-32-21(31)17-13-33-22(24-17)27-26-19-18(15-10-6-3-7-11-15)28-29(20(19)30)23-25-16(12-34-23)14-8-4-2-5-9-14/h2-13,28H,1H3. The van der Waals surface area contributed by atoms with Crippen LogP contribution in [0, 0.1) is 0 Å². The summed E-state index contributed by atoms with van der Waals surface area (Å²) in [6, 6.07) is 19.1. The molecule has 0 aliphatic rings. The van der Waals surface area contributed by atoms with Crippen molar-refractivity contribution in [1.29, 1.82) is 0 Å². The van der Waals surface area contributed by atoms with E-state index in [9.17, 15) is 9.59 Å². The fraction of sp³-hybridized carbons (Fsp3) is 0.0435. The van der Waals surface area contributed by atoms with Gasteiger partial charge < -0.3 is 4.74 Å². The zero-order valence-electron chi connectivity index (χ0n) is 17.7. The molecule has 34 heavy (non-hydrogen) atoms.